The number of hydrogen-bond acceptors (Lipinski definition) is 15. The van der Waals surface area contributed by atoms with E-state index >= 15 is 0 Å². The first kappa shape index (κ1) is 35.9. The Balaban J connectivity index is 1.79. The molecule has 2 heterocycles. The first-order valence-corrected chi connectivity index (χ1v) is 14.5. The van der Waals surface area contributed by atoms with E-state index in [-0.39, 0.29) is 25.4 Å². The van der Waals surface area contributed by atoms with Gasteiger partial charge in [-0.1, -0.05) is 6.92 Å². The predicted octanol–water partition coefficient (Wildman–Crippen LogP) is -4.83. The summed E-state index contributed by atoms with van der Waals surface area (Å²) >= 11 is 0. The van der Waals surface area contributed by atoms with Gasteiger partial charge in [0.2, 0.25) is 0 Å². The minimum absolute atomic E-state index is 0.0212. The third-order valence-electron chi connectivity index (χ3n) is 8.50. The topological polar surface area (TPSA) is 305 Å². The van der Waals surface area contributed by atoms with Crippen LogP contribution in [0.4, 0.5) is 0 Å². The van der Waals surface area contributed by atoms with Crippen LogP contribution in [0, 0.1) is 11.3 Å². The molecule has 17 nitrogen and oxygen atoms in total. The Morgan fingerprint density at radius 2 is 1.74 bits per heavy atom. The van der Waals surface area contributed by atoms with E-state index in [1.54, 1.807) is 6.92 Å². The summed E-state index contributed by atoms with van der Waals surface area (Å²) in [6, 6.07) is -2.38. The highest BCUT2D eigenvalue weighted by atomic mass is 16.7. The second-order valence-electron chi connectivity index (χ2n) is 12.1. The molecule has 0 spiro atoms. The maximum Gasteiger partial charge on any atom is 0.184 e. The summed E-state index contributed by atoms with van der Waals surface area (Å²) in [5.41, 5.74) is 17.1. The molecular formula is C26H50N6O11. The zero-order valence-electron chi connectivity index (χ0n) is 24.8. The minimum atomic E-state index is -1.77. The standard InChI is InChI=1S/C26H50N6O11/c1-10-17(36)25(40-9-26(10,3)39)43-21-15(32-23(30)18(37)16(35)8-33)6-14(28)20(19(21)38)42-24-13(27)5-4-12(41-24)7-31-22(29)11(2)34/h10-21,24-25,33-39H,4-9,27-28H2,1-3H3,(H2,29,31)(H2,30,32)/t10-,11?,12+,13?,14+,15-,16?,17?,18?,19?,20?,21?,24-,25-,26?/m1/s1. The average molecular weight is 623 g/mol. The lowest BCUT2D eigenvalue weighted by Gasteiger charge is -2.49. The highest BCUT2D eigenvalue weighted by Crippen LogP contribution is 2.34. The van der Waals surface area contributed by atoms with Gasteiger partial charge in [-0.3, -0.25) is 10.4 Å². The van der Waals surface area contributed by atoms with Crippen molar-refractivity contribution in [2.75, 3.05) is 19.8 Å². The smallest absolute Gasteiger partial charge is 0.184 e. The van der Waals surface area contributed by atoms with Gasteiger partial charge in [-0.2, -0.15) is 0 Å². The van der Waals surface area contributed by atoms with Crippen LogP contribution >= 0.6 is 0 Å². The van der Waals surface area contributed by atoms with E-state index in [1.807, 2.05) is 0 Å². The molecular weight excluding hydrogens is 572 g/mol. The van der Waals surface area contributed by atoms with Crippen molar-refractivity contribution in [3.05, 3.63) is 0 Å². The fourth-order valence-electron chi connectivity index (χ4n) is 5.31. The first-order chi connectivity index (χ1) is 20.1. The molecule has 2 aliphatic heterocycles. The molecule has 3 rings (SSSR count). The zero-order valence-corrected chi connectivity index (χ0v) is 24.8. The van der Waals surface area contributed by atoms with Gasteiger partial charge < -0.3 is 77.2 Å². The van der Waals surface area contributed by atoms with Crippen LogP contribution in [-0.2, 0) is 18.9 Å². The summed E-state index contributed by atoms with van der Waals surface area (Å²) in [6.45, 7) is 3.82. The van der Waals surface area contributed by atoms with Crippen molar-refractivity contribution in [1.29, 1.82) is 5.41 Å². The van der Waals surface area contributed by atoms with Crippen molar-refractivity contribution in [3.8, 4) is 0 Å². The number of amidine groups is 2. The number of aliphatic hydroxyl groups excluding tert-OH is 6. The van der Waals surface area contributed by atoms with E-state index in [2.05, 4.69) is 10.3 Å². The van der Waals surface area contributed by atoms with Crippen LogP contribution in [0.15, 0.2) is 4.99 Å². The minimum Gasteiger partial charge on any atom is -0.394 e. The Kier molecular flexibility index (Phi) is 12.6. The fourth-order valence-corrected chi connectivity index (χ4v) is 5.31. The van der Waals surface area contributed by atoms with Crippen molar-refractivity contribution in [1.82, 2.24) is 5.32 Å². The fraction of sp³-hybridized carbons (Fsp3) is 0.923. The van der Waals surface area contributed by atoms with Gasteiger partial charge in [0, 0.05) is 12.0 Å². The molecule has 0 aromatic rings. The van der Waals surface area contributed by atoms with Crippen LogP contribution in [0.1, 0.15) is 40.0 Å². The third-order valence-corrected chi connectivity index (χ3v) is 8.50. The van der Waals surface area contributed by atoms with E-state index < -0.39 is 103 Å². The second kappa shape index (κ2) is 15.1. The third kappa shape index (κ3) is 8.78. The molecule has 3 fully saturated rings. The summed E-state index contributed by atoms with van der Waals surface area (Å²) in [4.78, 5) is 4.15. The number of aliphatic imine (C=N–C) groups is 1. The number of ether oxygens (including phenoxy) is 4. The lowest BCUT2D eigenvalue weighted by atomic mass is 9.82. The molecule has 15 atom stereocenters. The molecule has 43 heavy (non-hydrogen) atoms. The van der Waals surface area contributed by atoms with Gasteiger partial charge in [0.1, 0.15) is 54.4 Å². The van der Waals surface area contributed by atoms with Gasteiger partial charge in [0.05, 0.1) is 43.5 Å². The van der Waals surface area contributed by atoms with Gasteiger partial charge in [0.15, 0.2) is 12.6 Å². The maximum absolute atomic E-state index is 11.5. The van der Waals surface area contributed by atoms with Crippen LogP contribution in [0.2, 0.25) is 0 Å². The number of nitrogens with one attached hydrogen (secondary N) is 2. The Bertz CT molecular complexity index is 945. The Morgan fingerprint density at radius 1 is 1.09 bits per heavy atom. The maximum atomic E-state index is 11.5. The predicted molar refractivity (Wildman–Crippen MR) is 152 cm³/mol. The summed E-state index contributed by atoms with van der Waals surface area (Å²) < 4.78 is 23.8. The van der Waals surface area contributed by atoms with E-state index in [4.69, 9.17) is 41.6 Å². The van der Waals surface area contributed by atoms with Crippen molar-refractivity contribution < 1.29 is 54.7 Å². The summed E-state index contributed by atoms with van der Waals surface area (Å²) in [7, 11) is 0. The zero-order chi connectivity index (χ0) is 32.2. The summed E-state index contributed by atoms with van der Waals surface area (Å²) in [5.74, 6) is -1.16. The molecule has 0 amide bonds. The van der Waals surface area contributed by atoms with Crippen LogP contribution < -0.4 is 22.5 Å². The highest BCUT2D eigenvalue weighted by Gasteiger charge is 2.51. The second-order valence-corrected chi connectivity index (χ2v) is 12.1. The molecule has 1 aliphatic carbocycles. The first-order valence-electron chi connectivity index (χ1n) is 14.5. The average Bonchev–Trinajstić information content (AvgIpc) is 2.96. The molecule has 9 unspecified atom stereocenters. The van der Waals surface area contributed by atoms with Crippen molar-refractivity contribution in [2.24, 2.45) is 28.1 Å². The molecule has 2 saturated heterocycles. The molecule has 250 valence electrons. The van der Waals surface area contributed by atoms with Crippen LogP contribution in [0.5, 0.6) is 0 Å². The summed E-state index contributed by atoms with van der Waals surface area (Å²) in [5, 5.41) is 82.6. The molecule has 15 N–H and O–H groups in total. The number of nitrogens with zero attached hydrogens (tertiary/aromatic N) is 1. The van der Waals surface area contributed by atoms with E-state index in [0.717, 1.165) is 0 Å². The normalized spacial score (nSPS) is 43.1. The number of aliphatic hydroxyl groups is 7. The number of rotatable bonds is 11. The van der Waals surface area contributed by atoms with Crippen LogP contribution in [0.3, 0.4) is 0 Å². The van der Waals surface area contributed by atoms with E-state index in [0.29, 0.717) is 12.8 Å². The van der Waals surface area contributed by atoms with Gasteiger partial charge in [-0.15, -0.1) is 0 Å². The number of hydrogen-bond donors (Lipinski definition) is 12. The molecule has 0 bridgehead atoms. The molecule has 3 aliphatic rings. The van der Waals surface area contributed by atoms with Gasteiger partial charge in [-0.05, 0) is 33.1 Å². The van der Waals surface area contributed by atoms with Crippen LogP contribution in [-0.4, -0.2) is 152 Å². The van der Waals surface area contributed by atoms with E-state index in [9.17, 15) is 35.7 Å². The number of nitrogens with two attached hydrogens (primary N) is 3. The van der Waals surface area contributed by atoms with Crippen LogP contribution in [0.25, 0.3) is 0 Å². The largest absolute Gasteiger partial charge is 0.394 e. The molecule has 0 radical (unpaired) electrons. The summed E-state index contributed by atoms with van der Waals surface area (Å²) in [6.07, 6.45) is -11.1. The van der Waals surface area contributed by atoms with Crippen molar-refractivity contribution in [2.45, 2.75) is 125 Å². The van der Waals surface area contributed by atoms with Gasteiger partial charge in [0.25, 0.3) is 0 Å². The lowest BCUT2D eigenvalue weighted by Crippen LogP contribution is -2.68. The SMILES string of the molecule is CC(O)C(N)=NC[C@@H]1CCC(N)[C@@H](OC2C(O)C(O[C@H]3OCC(C)(O)[C@H](C)C3O)[C@H](NC(=N)C(O)C(O)CO)C[C@@H]2N)O1. The van der Waals surface area contributed by atoms with Gasteiger partial charge >= 0.3 is 0 Å². The lowest BCUT2D eigenvalue weighted by molar-refractivity contribution is -0.313. The molecule has 17 heteroatoms. The van der Waals surface area contributed by atoms with Crippen molar-refractivity contribution in [3.63, 3.8) is 0 Å². The quantitative estimate of drug-likeness (QED) is 0.0759. The Labute approximate surface area is 250 Å². The Morgan fingerprint density at radius 3 is 2.37 bits per heavy atom. The Hall–Kier alpha value is -1.58. The van der Waals surface area contributed by atoms with Gasteiger partial charge in [-0.25, -0.2) is 0 Å². The highest BCUT2D eigenvalue weighted by molar-refractivity contribution is 5.84. The monoisotopic (exact) mass is 622 g/mol. The molecule has 0 aromatic carbocycles. The van der Waals surface area contributed by atoms with Crippen molar-refractivity contribution >= 4 is 11.7 Å². The van der Waals surface area contributed by atoms with E-state index in [1.165, 1.54) is 13.8 Å². The molecule has 0 aromatic heterocycles. The molecule has 1 saturated carbocycles.